The highest BCUT2D eigenvalue weighted by Gasteiger charge is 2.58. The summed E-state index contributed by atoms with van der Waals surface area (Å²) in [5, 5.41) is 13.7. The van der Waals surface area contributed by atoms with E-state index in [1.807, 2.05) is 9.80 Å². The van der Waals surface area contributed by atoms with Crippen molar-refractivity contribution in [1.29, 1.82) is 0 Å². The Bertz CT molecular complexity index is 2030. The Morgan fingerprint density at radius 2 is 1.49 bits per heavy atom. The summed E-state index contributed by atoms with van der Waals surface area (Å²) in [7, 11) is 1.50. The van der Waals surface area contributed by atoms with Crippen LogP contribution in [0.4, 0.5) is 17.6 Å². The first-order valence-electron chi connectivity index (χ1n) is 18.6. The third-order valence-corrected chi connectivity index (χ3v) is 11.6. The molecular formula is C42H44F4N4O5. The van der Waals surface area contributed by atoms with Crippen LogP contribution in [0.5, 0.6) is 0 Å². The van der Waals surface area contributed by atoms with Gasteiger partial charge in [0.2, 0.25) is 11.8 Å². The molecule has 4 fully saturated rings. The molecule has 3 heterocycles. The zero-order valence-corrected chi connectivity index (χ0v) is 30.7. The molecule has 2 amide bonds. The van der Waals surface area contributed by atoms with Crippen LogP contribution in [-0.4, -0.2) is 81.7 Å². The third-order valence-electron chi connectivity index (χ3n) is 11.6. The van der Waals surface area contributed by atoms with Crippen LogP contribution in [0.3, 0.4) is 0 Å². The van der Waals surface area contributed by atoms with E-state index in [1.165, 1.54) is 31.4 Å². The predicted octanol–water partition coefficient (Wildman–Crippen LogP) is 7.44. The first-order valence-corrected chi connectivity index (χ1v) is 18.6. The number of hydrogen-bond donors (Lipinski definition) is 1. The molecule has 8 rings (SSSR count). The van der Waals surface area contributed by atoms with Gasteiger partial charge in [-0.1, -0.05) is 42.5 Å². The fourth-order valence-electron chi connectivity index (χ4n) is 8.46. The van der Waals surface area contributed by atoms with Gasteiger partial charge in [-0.3, -0.25) is 14.3 Å². The van der Waals surface area contributed by atoms with Gasteiger partial charge in [0, 0.05) is 57.7 Å². The van der Waals surface area contributed by atoms with Gasteiger partial charge in [-0.05, 0) is 84.5 Å². The number of benzene rings is 3. The maximum Gasteiger partial charge on any atom is 0.336 e. The van der Waals surface area contributed by atoms with Crippen molar-refractivity contribution >= 4 is 17.8 Å². The van der Waals surface area contributed by atoms with Crippen LogP contribution in [0.25, 0.3) is 0 Å². The lowest BCUT2D eigenvalue weighted by molar-refractivity contribution is -0.145. The highest BCUT2D eigenvalue weighted by Crippen LogP contribution is 2.52. The summed E-state index contributed by atoms with van der Waals surface area (Å²) < 4.78 is 59.6. The molecule has 55 heavy (non-hydrogen) atoms. The van der Waals surface area contributed by atoms with Crippen molar-refractivity contribution in [3.63, 3.8) is 0 Å². The van der Waals surface area contributed by atoms with Crippen molar-refractivity contribution in [3.8, 4) is 0 Å². The lowest BCUT2D eigenvalue weighted by Gasteiger charge is -2.49. The number of methoxy groups -OCH3 is 1. The Balaban J connectivity index is 0.000000198. The number of carboxylic acid groups (broad SMARTS) is 1. The number of carbonyl (C=O) groups excluding carboxylic acids is 2. The maximum absolute atomic E-state index is 13.3. The number of ether oxygens (including phenoxy) is 1. The summed E-state index contributed by atoms with van der Waals surface area (Å²) in [5.41, 5.74) is 3.25. The van der Waals surface area contributed by atoms with Crippen LogP contribution in [0.15, 0.2) is 79.1 Å². The number of aromatic nitrogens is 2. The predicted molar refractivity (Wildman–Crippen MR) is 195 cm³/mol. The number of hydrogen-bond acceptors (Lipinski definition) is 5. The van der Waals surface area contributed by atoms with E-state index in [2.05, 4.69) is 5.10 Å². The van der Waals surface area contributed by atoms with E-state index in [9.17, 15) is 37.1 Å². The molecule has 3 aromatic carbocycles. The van der Waals surface area contributed by atoms with Crippen molar-refractivity contribution in [1.82, 2.24) is 19.6 Å². The fourth-order valence-corrected chi connectivity index (χ4v) is 8.46. The number of amides is 2. The minimum Gasteiger partial charge on any atom is -0.478 e. The highest BCUT2D eigenvalue weighted by atomic mass is 19.3. The summed E-state index contributed by atoms with van der Waals surface area (Å²) in [4.78, 5) is 41.6. The molecule has 4 aromatic rings. The molecule has 1 aromatic heterocycles. The molecule has 2 aliphatic carbocycles. The van der Waals surface area contributed by atoms with Gasteiger partial charge >= 0.3 is 5.97 Å². The average Bonchev–Trinajstić information content (AvgIpc) is 3.61. The number of nitrogens with zero attached hydrogens (tertiary/aromatic N) is 4. The number of halogens is 4. The molecule has 0 unspecified atom stereocenters. The topological polar surface area (TPSA) is 105 Å². The molecule has 0 radical (unpaired) electrons. The van der Waals surface area contributed by atoms with Crippen molar-refractivity contribution in [3.05, 3.63) is 124 Å². The molecule has 9 nitrogen and oxygen atoms in total. The molecule has 0 atom stereocenters. The molecule has 0 bridgehead atoms. The van der Waals surface area contributed by atoms with Crippen LogP contribution in [0.1, 0.15) is 93.8 Å². The molecule has 1 N–H and O–H groups in total. The highest BCUT2D eigenvalue weighted by molar-refractivity contribution is 5.94. The molecular weight excluding hydrogens is 716 g/mol. The first-order chi connectivity index (χ1) is 26.3. The van der Waals surface area contributed by atoms with Gasteiger partial charge in [-0.25, -0.2) is 22.4 Å². The lowest BCUT2D eigenvalue weighted by Crippen LogP contribution is -2.61. The van der Waals surface area contributed by atoms with Crippen LogP contribution in [0.2, 0.25) is 0 Å². The molecule has 2 saturated carbocycles. The SMILES string of the molecule is COCc1cccc(C2CCC(F)(F)CC2)c1C(=O)O.O=C(c1cnn(Cc2ccc(F)cc2)c1)N1CCC2(C1)CN(C(=O)C1(c3ccc(F)cc3)CC1)C2. The van der Waals surface area contributed by atoms with Crippen molar-refractivity contribution < 1.29 is 41.8 Å². The molecule has 2 aliphatic heterocycles. The van der Waals surface area contributed by atoms with Crippen LogP contribution >= 0.6 is 0 Å². The van der Waals surface area contributed by atoms with Gasteiger partial charge in [-0.15, -0.1) is 0 Å². The minimum atomic E-state index is -2.61. The Morgan fingerprint density at radius 3 is 2.11 bits per heavy atom. The number of carbonyl (C=O) groups is 3. The standard InChI is InChI=1S/C27H26F2N4O2.C15H18F2O3/c28-22-5-1-19(2-6-22)14-33-15-20(13-30-33)24(34)31-12-11-26(16-31)17-32(18-26)25(35)27(9-10-27)21-3-7-23(29)8-4-21;1-20-9-11-3-2-4-12(13(11)14(18)19)10-5-7-15(16,17)8-6-10/h1-8,13,15H,9-12,14,16-18H2;2-4,10H,5-9H2,1H3,(H,18,19). The van der Waals surface area contributed by atoms with Crippen molar-refractivity contribution in [2.45, 2.75) is 75.4 Å². The van der Waals surface area contributed by atoms with Crippen molar-refractivity contribution in [2.75, 3.05) is 33.3 Å². The summed E-state index contributed by atoms with van der Waals surface area (Å²) >= 11 is 0. The van der Waals surface area contributed by atoms with Gasteiger partial charge < -0.3 is 19.6 Å². The second-order valence-corrected chi connectivity index (χ2v) is 15.5. The van der Waals surface area contributed by atoms with Gasteiger partial charge in [-0.2, -0.15) is 5.10 Å². The van der Waals surface area contributed by atoms with Gasteiger partial charge in [0.25, 0.3) is 5.91 Å². The molecule has 13 heteroatoms. The Kier molecular flexibility index (Phi) is 10.6. The molecule has 2 saturated heterocycles. The zero-order chi connectivity index (χ0) is 39.0. The normalized spacial score (nSPS) is 19.4. The van der Waals surface area contributed by atoms with E-state index in [-0.39, 0.29) is 59.8 Å². The number of carboxylic acids is 1. The zero-order valence-electron chi connectivity index (χ0n) is 30.7. The Hall–Kier alpha value is -5.04. The van der Waals surface area contributed by atoms with Crippen LogP contribution in [0, 0.1) is 17.0 Å². The molecule has 290 valence electrons. The molecule has 4 aliphatic rings. The second-order valence-electron chi connectivity index (χ2n) is 15.5. The second kappa shape index (κ2) is 15.2. The van der Waals surface area contributed by atoms with Gasteiger partial charge in [0.05, 0.1) is 35.9 Å². The summed E-state index contributed by atoms with van der Waals surface area (Å²) in [6, 6.07) is 17.7. The van der Waals surface area contributed by atoms with E-state index in [4.69, 9.17) is 4.74 Å². The van der Waals surface area contributed by atoms with Gasteiger partial charge in [0.1, 0.15) is 11.6 Å². The van der Waals surface area contributed by atoms with E-state index in [0.717, 1.165) is 30.4 Å². The minimum absolute atomic E-state index is 0.0473. The fraction of sp³-hybridized carbons (Fsp3) is 0.429. The Labute approximate surface area is 316 Å². The number of likely N-dealkylation sites (tertiary alicyclic amines) is 2. The quantitative estimate of drug-likeness (QED) is 0.178. The van der Waals surface area contributed by atoms with E-state index in [0.29, 0.717) is 62.3 Å². The maximum atomic E-state index is 13.3. The average molecular weight is 761 g/mol. The molecule has 1 spiro atoms. The van der Waals surface area contributed by atoms with E-state index in [1.54, 1.807) is 59.5 Å². The smallest absolute Gasteiger partial charge is 0.336 e. The third kappa shape index (κ3) is 8.17. The van der Waals surface area contributed by atoms with E-state index >= 15 is 0 Å². The van der Waals surface area contributed by atoms with Crippen LogP contribution < -0.4 is 0 Å². The summed E-state index contributed by atoms with van der Waals surface area (Å²) in [6.45, 7) is 3.27. The summed E-state index contributed by atoms with van der Waals surface area (Å²) in [6.07, 6.45) is 6.07. The van der Waals surface area contributed by atoms with Crippen molar-refractivity contribution in [2.24, 2.45) is 5.41 Å². The summed E-state index contributed by atoms with van der Waals surface area (Å²) in [5.74, 6) is -4.25. The number of aromatic carboxylic acids is 1. The van der Waals surface area contributed by atoms with Crippen LogP contribution in [-0.2, 0) is 28.1 Å². The monoisotopic (exact) mass is 760 g/mol. The lowest BCUT2D eigenvalue weighted by atomic mass is 9.77. The Morgan fingerprint density at radius 1 is 0.855 bits per heavy atom. The van der Waals surface area contributed by atoms with E-state index < -0.39 is 17.3 Å². The number of alkyl halides is 2. The van der Waals surface area contributed by atoms with Gasteiger partial charge in [0.15, 0.2) is 0 Å². The first kappa shape index (κ1) is 38.2. The largest absolute Gasteiger partial charge is 0.478 e. The number of rotatable bonds is 9.